The second-order valence-electron chi connectivity index (χ2n) is 2.81. The van der Waals surface area contributed by atoms with Crippen molar-refractivity contribution in [3.63, 3.8) is 0 Å². The van der Waals surface area contributed by atoms with Gasteiger partial charge in [-0.3, -0.25) is 4.18 Å². The van der Waals surface area contributed by atoms with Crippen LogP contribution >= 0.6 is 10.9 Å². The molecule has 0 spiro atoms. The highest BCUT2D eigenvalue weighted by atomic mass is 32.3. The van der Waals surface area contributed by atoms with E-state index in [1.165, 1.54) is 6.26 Å². The lowest BCUT2D eigenvalue weighted by Gasteiger charge is -2.30. The summed E-state index contributed by atoms with van der Waals surface area (Å²) in [7, 11) is -2.75. The van der Waals surface area contributed by atoms with E-state index >= 15 is 0 Å². The summed E-state index contributed by atoms with van der Waals surface area (Å²) in [5.41, 5.74) is 0. The smallest absolute Gasteiger partial charge is 0.0807 e. The van der Waals surface area contributed by atoms with E-state index in [1.807, 2.05) is 0 Å². The first kappa shape index (κ1) is 9.28. The van der Waals surface area contributed by atoms with E-state index in [2.05, 4.69) is 5.32 Å². The summed E-state index contributed by atoms with van der Waals surface area (Å²) in [5.74, 6) is 0. The van der Waals surface area contributed by atoms with Crippen molar-refractivity contribution in [3.8, 4) is 0 Å². The predicted molar refractivity (Wildman–Crippen MR) is 45.7 cm³/mol. The van der Waals surface area contributed by atoms with E-state index in [0.29, 0.717) is 0 Å². The van der Waals surface area contributed by atoms with Gasteiger partial charge < -0.3 is 14.4 Å². The molecule has 1 rings (SSSR count). The van der Waals surface area contributed by atoms with Gasteiger partial charge in [-0.2, -0.15) is 0 Å². The van der Waals surface area contributed by atoms with Crippen LogP contribution < -0.4 is 5.32 Å². The fraction of sp³-hybridized carbons (Fsp3) is 1.00. The lowest BCUT2D eigenvalue weighted by molar-refractivity contribution is 0.147. The Labute approximate surface area is 68.5 Å². The van der Waals surface area contributed by atoms with Crippen molar-refractivity contribution in [2.75, 3.05) is 19.3 Å². The van der Waals surface area contributed by atoms with Crippen LogP contribution in [0.2, 0.25) is 0 Å². The molecule has 11 heavy (non-hydrogen) atoms. The minimum absolute atomic E-state index is 0.0197. The molecule has 1 aliphatic rings. The summed E-state index contributed by atoms with van der Waals surface area (Å²) in [6.07, 6.45) is 3.06. The van der Waals surface area contributed by atoms with E-state index in [-0.39, 0.29) is 6.10 Å². The topological polar surface area (TPSA) is 61.7 Å². The Balaban J connectivity index is 2.24. The van der Waals surface area contributed by atoms with Gasteiger partial charge in [-0.1, -0.05) is 0 Å². The third kappa shape index (κ3) is 3.93. The summed E-state index contributed by atoms with van der Waals surface area (Å²) in [4.78, 5) is 0. The Kier molecular flexibility index (Phi) is 3.15. The van der Waals surface area contributed by atoms with Crippen molar-refractivity contribution in [2.45, 2.75) is 18.9 Å². The van der Waals surface area contributed by atoms with Crippen molar-refractivity contribution in [1.82, 2.24) is 5.32 Å². The molecular weight excluding hydrogens is 166 g/mol. The maximum Gasteiger partial charge on any atom is 0.0807 e. The van der Waals surface area contributed by atoms with Crippen molar-refractivity contribution in [3.05, 3.63) is 0 Å². The van der Waals surface area contributed by atoms with Gasteiger partial charge in [0.15, 0.2) is 0 Å². The van der Waals surface area contributed by atoms with E-state index < -0.39 is 10.9 Å². The third-order valence-electron chi connectivity index (χ3n) is 1.60. The highest BCUT2D eigenvalue weighted by molar-refractivity contribution is 8.19. The normalized spacial score (nSPS) is 23.5. The number of rotatable bonds is 2. The number of nitrogens with one attached hydrogen (secondary N) is 1. The van der Waals surface area contributed by atoms with Crippen LogP contribution in [0.3, 0.4) is 0 Å². The molecule has 0 aromatic rings. The quantitative estimate of drug-likeness (QED) is 0.596. The fourth-order valence-electron chi connectivity index (χ4n) is 1.15. The van der Waals surface area contributed by atoms with Gasteiger partial charge in [0, 0.05) is 6.26 Å². The van der Waals surface area contributed by atoms with Crippen LogP contribution in [0.1, 0.15) is 12.8 Å². The Morgan fingerprint density at radius 1 is 1.36 bits per heavy atom. The van der Waals surface area contributed by atoms with Gasteiger partial charge in [0.1, 0.15) is 0 Å². The first-order valence-corrected chi connectivity index (χ1v) is 5.58. The summed E-state index contributed by atoms with van der Waals surface area (Å²) in [5, 5.41) is 3.17. The van der Waals surface area contributed by atoms with E-state index in [4.69, 9.17) is 13.3 Å². The molecule has 0 aromatic carbocycles. The Bertz CT molecular complexity index is 119. The Hall–Kier alpha value is 0.190. The average molecular weight is 181 g/mol. The highest BCUT2D eigenvalue weighted by Crippen LogP contribution is 2.37. The molecule has 0 atom stereocenters. The molecule has 0 bridgehead atoms. The molecule has 0 aliphatic carbocycles. The van der Waals surface area contributed by atoms with Gasteiger partial charge in [-0.15, -0.1) is 0 Å². The van der Waals surface area contributed by atoms with E-state index in [0.717, 1.165) is 25.9 Å². The molecule has 1 aliphatic heterocycles. The van der Waals surface area contributed by atoms with Crippen molar-refractivity contribution in [1.29, 1.82) is 0 Å². The summed E-state index contributed by atoms with van der Waals surface area (Å²) >= 11 is 0. The third-order valence-corrected chi connectivity index (χ3v) is 2.24. The molecule has 0 aromatic heterocycles. The van der Waals surface area contributed by atoms with Crippen LogP contribution in [-0.2, 0) is 4.18 Å². The molecule has 3 N–H and O–H groups in total. The average Bonchev–Trinajstić information content (AvgIpc) is 1.85. The van der Waals surface area contributed by atoms with Crippen LogP contribution in [0.4, 0.5) is 0 Å². The molecule has 1 fully saturated rings. The lowest BCUT2D eigenvalue weighted by atomic mass is 10.1. The zero-order chi connectivity index (χ0) is 8.32. The summed E-state index contributed by atoms with van der Waals surface area (Å²) < 4.78 is 23.0. The molecule has 0 saturated carbocycles. The molecule has 0 radical (unpaired) electrons. The summed E-state index contributed by atoms with van der Waals surface area (Å²) in [6, 6.07) is 0. The molecule has 0 unspecified atom stereocenters. The van der Waals surface area contributed by atoms with Crippen molar-refractivity contribution >= 4 is 10.9 Å². The van der Waals surface area contributed by atoms with Crippen LogP contribution in [0, 0.1) is 0 Å². The fourth-order valence-corrected chi connectivity index (χ4v) is 1.86. The minimum Gasteiger partial charge on any atom is -0.317 e. The standard InChI is InChI=1S/C6H15NO3S/c1-11(8,9)10-6-2-4-7-5-3-6/h6-9H,2-5H2,1H3. The molecule has 68 valence electrons. The number of piperidine rings is 1. The summed E-state index contributed by atoms with van der Waals surface area (Å²) in [6.45, 7) is 1.81. The number of hydrogen-bond donors (Lipinski definition) is 3. The van der Waals surface area contributed by atoms with E-state index in [9.17, 15) is 0 Å². The highest BCUT2D eigenvalue weighted by Gasteiger charge is 2.20. The molecule has 4 nitrogen and oxygen atoms in total. The lowest BCUT2D eigenvalue weighted by Crippen LogP contribution is -2.32. The minimum atomic E-state index is -2.75. The Morgan fingerprint density at radius 2 is 1.91 bits per heavy atom. The van der Waals surface area contributed by atoms with E-state index in [1.54, 1.807) is 0 Å². The first-order valence-electron chi connectivity index (χ1n) is 3.70. The molecule has 0 amide bonds. The zero-order valence-corrected chi connectivity index (χ0v) is 7.43. The molecule has 5 heteroatoms. The second-order valence-corrected chi connectivity index (χ2v) is 4.53. The zero-order valence-electron chi connectivity index (χ0n) is 6.62. The van der Waals surface area contributed by atoms with Crippen LogP contribution in [-0.4, -0.2) is 34.6 Å². The van der Waals surface area contributed by atoms with Crippen LogP contribution in [0.25, 0.3) is 0 Å². The Morgan fingerprint density at radius 3 is 2.36 bits per heavy atom. The SMILES string of the molecule is CS(O)(O)OC1CCNCC1. The maximum absolute atomic E-state index is 8.97. The second kappa shape index (κ2) is 3.73. The van der Waals surface area contributed by atoms with Crippen LogP contribution in [0.15, 0.2) is 0 Å². The molecule has 1 saturated heterocycles. The number of hydrogen-bond acceptors (Lipinski definition) is 4. The van der Waals surface area contributed by atoms with Gasteiger partial charge >= 0.3 is 0 Å². The van der Waals surface area contributed by atoms with Gasteiger partial charge in [-0.05, 0) is 25.9 Å². The monoisotopic (exact) mass is 181 g/mol. The first-order chi connectivity index (χ1) is 5.08. The van der Waals surface area contributed by atoms with Crippen molar-refractivity contribution < 1.29 is 13.3 Å². The molecule has 1 heterocycles. The van der Waals surface area contributed by atoms with Gasteiger partial charge in [-0.25, -0.2) is 0 Å². The van der Waals surface area contributed by atoms with Gasteiger partial charge in [0.05, 0.1) is 17.0 Å². The van der Waals surface area contributed by atoms with Gasteiger partial charge in [0.2, 0.25) is 0 Å². The van der Waals surface area contributed by atoms with Crippen molar-refractivity contribution in [2.24, 2.45) is 0 Å². The predicted octanol–water partition coefficient (Wildman–Crippen LogP) is 1.05. The largest absolute Gasteiger partial charge is 0.317 e. The van der Waals surface area contributed by atoms with Gasteiger partial charge in [0.25, 0.3) is 0 Å². The van der Waals surface area contributed by atoms with Crippen LogP contribution in [0.5, 0.6) is 0 Å². The molecular formula is C6H15NO3S. The maximum atomic E-state index is 8.97.